The van der Waals surface area contributed by atoms with E-state index in [2.05, 4.69) is 5.32 Å². The van der Waals surface area contributed by atoms with Crippen LogP contribution in [0.3, 0.4) is 0 Å². The number of imide groups is 1. The van der Waals surface area contributed by atoms with Crippen LogP contribution in [0.5, 0.6) is 5.75 Å². The molecule has 1 saturated heterocycles. The Hall–Kier alpha value is -1.99. The number of thiocarbonyl (C=S) groups is 1. The van der Waals surface area contributed by atoms with E-state index < -0.39 is 0 Å². The number of carbonyl (C=O) groups excluding carboxylic acids is 2. The molecule has 2 amide bonds. The first-order valence-corrected chi connectivity index (χ1v) is 6.99. The highest BCUT2D eigenvalue weighted by Gasteiger charge is 2.29. The van der Waals surface area contributed by atoms with Gasteiger partial charge in [-0.05, 0) is 19.1 Å². The van der Waals surface area contributed by atoms with Crippen LogP contribution in [0.2, 0.25) is 0 Å². The van der Waals surface area contributed by atoms with Crippen molar-refractivity contribution < 1.29 is 14.3 Å². The van der Waals surface area contributed by atoms with Crippen molar-refractivity contribution in [2.45, 2.75) is 13.0 Å². The van der Waals surface area contributed by atoms with Gasteiger partial charge in [0.15, 0.2) is 0 Å². The summed E-state index contributed by atoms with van der Waals surface area (Å²) in [5.41, 5.74) is 6.31. The lowest BCUT2D eigenvalue weighted by molar-refractivity contribution is -0.139. The minimum absolute atomic E-state index is 0.188. The monoisotopic (exact) mass is 307 g/mol. The van der Waals surface area contributed by atoms with E-state index >= 15 is 0 Å². The molecule has 1 aliphatic heterocycles. The van der Waals surface area contributed by atoms with Crippen molar-refractivity contribution in [1.82, 2.24) is 10.2 Å². The predicted octanol–water partition coefficient (Wildman–Crippen LogP) is 0.0465. The zero-order valence-corrected chi connectivity index (χ0v) is 12.5. The maximum Gasteiger partial charge on any atom is 0.243 e. The van der Waals surface area contributed by atoms with Crippen LogP contribution in [0, 0.1) is 0 Å². The minimum atomic E-state index is -0.350. The maximum atomic E-state index is 11.5. The molecule has 0 radical (unpaired) electrons. The minimum Gasteiger partial charge on any atom is -0.492 e. The summed E-state index contributed by atoms with van der Waals surface area (Å²) in [5, 5.41) is 2.30. The van der Waals surface area contributed by atoms with Crippen LogP contribution in [-0.4, -0.2) is 47.4 Å². The van der Waals surface area contributed by atoms with Crippen LogP contribution < -0.4 is 15.8 Å². The molecule has 0 aromatic heterocycles. The molecule has 1 atom stereocenters. The van der Waals surface area contributed by atoms with Crippen molar-refractivity contribution in [2.24, 2.45) is 5.73 Å². The molecule has 2 rings (SSSR count). The number of hydrogen-bond donors (Lipinski definition) is 2. The smallest absolute Gasteiger partial charge is 0.243 e. The van der Waals surface area contributed by atoms with Crippen LogP contribution in [-0.2, 0) is 9.59 Å². The lowest BCUT2D eigenvalue weighted by atomic mass is 10.2. The normalized spacial score (nSPS) is 19.2. The third kappa shape index (κ3) is 3.77. The van der Waals surface area contributed by atoms with E-state index in [1.807, 2.05) is 12.1 Å². The summed E-state index contributed by atoms with van der Waals surface area (Å²) < 4.78 is 5.67. The van der Waals surface area contributed by atoms with E-state index in [4.69, 9.17) is 22.7 Å². The van der Waals surface area contributed by atoms with Gasteiger partial charge in [0, 0.05) is 6.54 Å². The molecule has 1 aliphatic rings. The molecule has 1 heterocycles. The summed E-state index contributed by atoms with van der Waals surface area (Å²) in [7, 11) is 0. The van der Waals surface area contributed by atoms with Gasteiger partial charge in [0.05, 0.1) is 18.2 Å². The second-order valence-electron chi connectivity index (χ2n) is 4.77. The molecule has 21 heavy (non-hydrogen) atoms. The Balaban J connectivity index is 1.94. The van der Waals surface area contributed by atoms with Crippen LogP contribution in [0.1, 0.15) is 12.5 Å². The lowest BCUT2D eigenvalue weighted by Crippen LogP contribution is -2.57. The molecule has 0 saturated carbocycles. The van der Waals surface area contributed by atoms with E-state index in [-0.39, 0.29) is 29.4 Å². The molecule has 0 spiro atoms. The van der Waals surface area contributed by atoms with Gasteiger partial charge >= 0.3 is 0 Å². The van der Waals surface area contributed by atoms with Crippen molar-refractivity contribution in [1.29, 1.82) is 0 Å². The summed E-state index contributed by atoms with van der Waals surface area (Å²) in [6.45, 7) is 2.74. The second kappa shape index (κ2) is 6.64. The number of piperazine rings is 1. The Labute approximate surface area is 128 Å². The molecule has 0 bridgehead atoms. The molecule has 1 unspecified atom stereocenters. The summed E-state index contributed by atoms with van der Waals surface area (Å²) in [6, 6.07) is 6.89. The van der Waals surface area contributed by atoms with Gasteiger partial charge in [0.25, 0.3) is 0 Å². The maximum absolute atomic E-state index is 11.5. The summed E-state index contributed by atoms with van der Waals surface area (Å²) in [6.07, 6.45) is 0. The molecule has 6 nitrogen and oxygen atoms in total. The van der Waals surface area contributed by atoms with Gasteiger partial charge in [0.2, 0.25) is 11.8 Å². The van der Waals surface area contributed by atoms with Crippen molar-refractivity contribution in [2.75, 3.05) is 19.7 Å². The SMILES string of the molecule is CC1C(=O)NC(=O)CN1CCOc1ccccc1C(N)=S. The summed E-state index contributed by atoms with van der Waals surface area (Å²) in [4.78, 5) is 24.9. The van der Waals surface area contributed by atoms with E-state index in [0.717, 1.165) is 0 Å². The average Bonchev–Trinajstić information content (AvgIpc) is 2.44. The van der Waals surface area contributed by atoms with Crippen molar-refractivity contribution >= 4 is 29.0 Å². The van der Waals surface area contributed by atoms with Crippen molar-refractivity contribution in [3.63, 3.8) is 0 Å². The summed E-state index contributed by atoms with van der Waals surface area (Å²) in [5.74, 6) is 0.0295. The first-order chi connectivity index (χ1) is 9.99. The summed E-state index contributed by atoms with van der Waals surface area (Å²) >= 11 is 4.96. The number of hydrogen-bond acceptors (Lipinski definition) is 5. The van der Waals surface area contributed by atoms with E-state index in [9.17, 15) is 9.59 Å². The number of amides is 2. The fourth-order valence-corrected chi connectivity index (χ4v) is 2.28. The highest BCUT2D eigenvalue weighted by molar-refractivity contribution is 7.80. The van der Waals surface area contributed by atoms with Crippen LogP contribution >= 0.6 is 12.2 Å². The number of nitrogens with zero attached hydrogens (tertiary/aromatic N) is 1. The Morgan fingerprint density at radius 2 is 2.19 bits per heavy atom. The number of benzene rings is 1. The number of rotatable bonds is 5. The molecule has 0 aliphatic carbocycles. The quantitative estimate of drug-likeness (QED) is 0.590. The Morgan fingerprint density at radius 3 is 2.90 bits per heavy atom. The first kappa shape index (κ1) is 15.4. The highest BCUT2D eigenvalue weighted by Crippen LogP contribution is 2.17. The van der Waals surface area contributed by atoms with Gasteiger partial charge < -0.3 is 10.5 Å². The molecule has 1 fully saturated rings. The van der Waals surface area contributed by atoms with Crippen LogP contribution in [0.15, 0.2) is 24.3 Å². The number of ether oxygens (including phenoxy) is 1. The number of para-hydroxylation sites is 1. The first-order valence-electron chi connectivity index (χ1n) is 6.58. The van der Waals surface area contributed by atoms with Gasteiger partial charge in [0.1, 0.15) is 17.3 Å². The number of nitrogens with one attached hydrogen (secondary N) is 1. The molecule has 112 valence electrons. The number of carbonyl (C=O) groups is 2. The highest BCUT2D eigenvalue weighted by atomic mass is 32.1. The zero-order valence-electron chi connectivity index (χ0n) is 11.7. The molecule has 1 aromatic carbocycles. The van der Waals surface area contributed by atoms with E-state index in [1.54, 1.807) is 24.0 Å². The number of nitrogens with two attached hydrogens (primary N) is 1. The molecular formula is C14H17N3O3S. The fraction of sp³-hybridized carbons (Fsp3) is 0.357. The van der Waals surface area contributed by atoms with Gasteiger partial charge in [-0.1, -0.05) is 24.4 Å². The fourth-order valence-electron chi connectivity index (χ4n) is 2.11. The van der Waals surface area contributed by atoms with E-state index in [0.29, 0.717) is 24.5 Å². The Bertz CT molecular complexity index is 576. The molecule has 3 N–H and O–H groups in total. The third-order valence-electron chi connectivity index (χ3n) is 3.33. The van der Waals surface area contributed by atoms with Crippen LogP contribution in [0.25, 0.3) is 0 Å². The lowest BCUT2D eigenvalue weighted by Gasteiger charge is -2.31. The van der Waals surface area contributed by atoms with Gasteiger partial charge in [-0.25, -0.2) is 0 Å². The average molecular weight is 307 g/mol. The third-order valence-corrected chi connectivity index (χ3v) is 3.54. The topological polar surface area (TPSA) is 84.7 Å². The van der Waals surface area contributed by atoms with E-state index in [1.165, 1.54) is 0 Å². The Morgan fingerprint density at radius 1 is 1.48 bits per heavy atom. The van der Waals surface area contributed by atoms with Gasteiger partial charge in [-0.2, -0.15) is 0 Å². The Kier molecular flexibility index (Phi) is 4.87. The van der Waals surface area contributed by atoms with Crippen LogP contribution in [0.4, 0.5) is 0 Å². The van der Waals surface area contributed by atoms with Gasteiger partial charge in [-0.15, -0.1) is 0 Å². The van der Waals surface area contributed by atoms with Gasteiger partial charge in [-0.3, -0.25) is 19.8 Å². The predicted molar refractivity (Wildman–Crippen MR) is 82.0 cm³/mol. The second-order valence-corrected chi connectivity index (χ2v) is 5.21. The van der Waals surface area contributed by atoms with Crippen molar-refractivity contribution in [3.05, 3.63) is 29.8 Å². The molecule has 1 aromatic rings. The molecule has 7 heteroatoms. The standard InChI is InChI=1S/C14H17N3O3S/c1-9-14(19)16-12(18)8-17(9)6-7-20-11-5-3-2-4-10(11)13(15)21/h2-5,9H,6-8H2,1H3,(H2,15,21)(H,16,18,19). The zero-order chi connectivity index (χ0) is 15.4. The molecular weight excluding hydrogens is 290 g/mol. The largest absolute Gasteiger partial charge is 0.492 e. The van der Waals surface area contributed by atoms with Crippen molar-refractivity contribution in [3.8, 4) is 5.75 Å².